The number of hydrogen-bond donors (Lipinski definition) is 0. The van der Waals surface area contributed by atoms with E-state index in [1.807, 2.05) is 114 Å². The van der Waals surface area contributed by atoms with Gasteiger partial charge in [-0.25, -0.2) is 15.3 Å². The van der Waals surface area contributed by atoms with Crippen LogP contribution in [0.25, 0.3) is 105 Å². The monoisotopic (exact) mass is 2320 g/mol. The van der Waals surface area contributed by atoms with E-state index >= 15 is 0 Å². The first-order valence-electron chi connectivity index (χ1n) is 42.7. The molecule has 0 saturated heterocycles. The number of aryl methyl sites for hydroxylation is 2. The van der Waals surface area contributed by atoms with Crippen molar-refractivity contribution in [3.05, 3.63) is 424 Å². The number of hydrogen-bond acceptors (Lipinski definition) is 10. The Kier molecular flexibility index (Phi) is 23.2. The van der Waals surface area contributed by atoms with Crippen LogP contribution in [-0.4, -0.2) is 49.1 Å². The number of para-hydroxylation sites is 6. The summed E-state index contributed by atoms with van der Waals surface area (Å²) < 4.78 is 22.9. The van der Waals surface area contributed by atoms with Gasteiger partial charge in [-0.3, -0.25) is 9.55 Å². The van der Waals surface area contributed by atoms with Gasteiger partial charge in [-0.15, -0.1) is 132 Å². The largest absolute Gasteiger partial charge is 3.00 e. The summed E-state index contributed by atoms with van der Waals surface area (Å²) in [7, 11) is 4.07. The third kappa shape index (κ3) is 14.8. The van der Waals surface area contributed by atoms with Crippen LogP contribution >= 0.6 is 31.4 Å². The van der Waals surface area contributed by atoms with Crippen LogP contribution in [0.4, 0.5) is 45.6 Å². The molecule has 0 saturated carbocycles. The van der Waals surface area contributed by atoms with Crippen molar-refractivity contribution in [1.82, 2.24) is 33.2 Å². The van der Waals surface area contributed by atoms with Crippen LogP contribution in [0, 0.1) is 43.1 Å². The number of furan rings is 1. The maximum atomic E-state index is 6.54. The molecule has 0 aliphatic carbocycles. The van der Waals surface area contributed by atoms with Gasteiger partial charge in [0.25, 0.3) is 0 Å². The van der Waals surface area contributed by atoms with Gasteiger partial charge in [0, 0.05) is 114 Å². The minimum absolute atomic E-state index is 0. The first-order chi connectivity index (χ1) is 63.5. The number of aromatic nitrogens is 8. The van der Waals surface area contributed by atoms with Gasteiger partial charge >= 0.3 is 44.8 Å². The second-order valence-electron chi connectivity index (χ2n) is 32.3. The molecule has 22 aromatic rings. The fraction of sp³-hybridized carbons (Fsp3) is 0.0446. The first kappa shape index (κ1) is 85.8. The number of nitrogens with zero attached hydrogens (tertiary/aromatic N) is 11. The van der Waals surface area contributed by atoms with E-state index in [0.717, 1.165) is 172 Å². The van der Waals surface area contributed by atoms with Crippen molar-refractivity contribution in [3.8, 4) is 50.9 Å². The molecule has 20 heteroatoms. The molecule has 0 bridgehead atoms. The quantitative estimate of drug-likeness (QED) is 0.0539. The predicted molar refractivity (Wildman–Crippen MR) is 526 cm³/mol. The van der Waals surface area contributed by atoms with Crippen molar-refractivity contribution >= 4 is 173 Å². The van der Waals surface area contributed by atoms with Crippen LogP contribution < -0.4 is 45.0 Å². The van der Waals surface area contributed by atoms with Crippen molar-refractivity contribution < 1.29 is 80.9 Å². The average Bonchev–Trinajstić information content (AvgIpc) is 0.939. The van der Waals surface area contributed by atoms with E-state index in [-0.39, 0.29) is 72.7 Å². The van der Waals surface area contributed by atoms with E-state index in [4.69, 9.17) is 25.7 Å². The molecular weight excluding hydrogens is 2250 g/mol. The SMILES string of the molecule is CN1c2ccc(-c3cn(C)c4c3[cH-]c[n+]4C)[c-]c2N(c2ccc3c(n2)C([Si](c2ccccc2)c2ccccc2)c2ccccc2S3)c2ccccc21.[Au+3].[Au+3].[Au].[CH-]=C(C)P1c2[c-]c(N3c4[c-]c(-n5ccc6cccnc65)ccc4Sc4ccccc43)ccc2Oc2ccccc21.[c-]1ccccc1-c1coc2ccc(-n3c4ccccc4c4ccc(-n5[c-]cc6ccccc65)nc43)[c-]c12. The fourth-order valence-corrected chi connectivity index (χ4v) is 26.4. The molecule has 132 heavy (non-hydrogen) atoms. The zero-order valence-electron chi connectivity index (χ0n) is 71.2. The normalized spacial score (nSPS) is 13.6. The Bertz CT molecular complexity index is 8200. The minimum Gasteiger partial charge on any atom is -0.518 e. The van der Waals surface area contributed by atoms with Gasteiger partial charge in [-0.1, -0.05) is 268 Å². The Hall–Kier alpha value is -12.9. The molecule has 9 aromatic heterocycles. The molecule has 26 rings (SSSR count). The van der Waals surface area contributed by atoms with Crippen LogP contribution in [0.3, 0.4) is 0 Å². The maximum absolute atomic E-state index is 6.54. The van der Waals surface area contributed by atoms with Crippen LogP contribution in [0.5, 0.6) is 11.5 Å². The predicted octanol–water partition coefficient (Wildman–Crippen LogP) is 24.9. The van der Waals surface area contributed by atoms with Crippen LogP contribution in [0.1, 0.15) is 23.7 Å². The Labute approximate surface area is 822 Å². The Morgan fingerprint density at radius 2 is 1.24 bits per heavy atom. The number of pyridine rings is 3. The molecule has 13 heterocycles. The van der Waals surface area contributed by atoms with Crippen molar-refractivity contribution in [3.63, 3.8) is 0 Å². The molecule has 2 radical (unpaired) electrons. The van der Waals surface area contributed by atoms with Crippen LogP contribution in [0.2, 0.25) is 0 Å². The summed E-state index contributed by atoms with van der Waals surface area (Å²) in [5.41, 5.74) is 21.9. The number of ether oxygens (including phenoxy) is 1. The fourth-order valence-electron chi connectivity index (χ4n) is 18.8. The number of rotatable bonds is 11. The number of anilines is 8. The molecule has 2 atom stereocenters. The molecule has 0 spiro atoms. The molecule has 0 fully saturated rings. The zero-order valence-corrected chi connectivity index (χ0v) is 81.2. The molecule has 13 nitrogen and oxygen atoms in total. The summed E-state index contributed by atoms with van der Waals surface area (Å²) in [4.78, 5) is 27.3. The van der Waals surface area contributed by atoms with Gasteiger partial charge in [0.15, 0.2) is 5.65 Å². The second kappa shape index (κ2) is 35.6. The third-order valence-electron chi connectivity index (χ3n) is 24.6. The summed E-state index contributed by atoms with van der Waals surface area (Å²) in [6.07, 6.45) is 13.4. The van der Waals surface area contributed by atoms with Gasteiger partial charge in [-0.05, 0) is 95.4 Å². The number of allylic oxidation sites excluding steroid dienone is 1. The van der Waals surface area contributed by atoms with Gasteiger partial charge < -0.3 is 48.7 Å². The summed E-state index contributed by atoms with van der Waals surface area (Å²) in [6.45, 7) is 8.53. The Balaban J connectivity index is 0.000000120. The number of fused-ring (bicyclic) bond motifs is 15. The maximum Gasteiger partial charge on any atom is 3.00 e. The average molecular weight is 2320 g/mol. The van der Waals surface area contributed by atoms with Gasteiger partial charge in [0.1, 0.15) is 31.7 Å². The van der Waals surface area contributed by atoms with E-state index in [2.05, 4.69) is 363 Å². The summed E-state index contributed by atoms with van der Waals surface area (Å²) in [6, 6.07) is 135. The Morgan fingerprint density at radius 1 is 0.538 bits per heavy atom. The van der Waals surface area contributed by atoms with Gasteiger partial charge in [-0.2, -0.15) is 17.8 Å². The number of benzene rings is 13. The van der Waals surface area contributed by atoms with Gasteiger partial charge in [0.2, 0.25) is 0 Å². The summed E-state index contributed by atoms with van der Waals surface area (Å²) in [5.74, 6) is 3.39. The Morgan fingerprint density at radius 3 is 2.07 bits per heavy atom. The molecule has 4 aliphatic heterocycles. The van der Waals surface area contributed by atoms with Crippen molar-refractivity contribution in [1.29, 1.82) is 0 Å². The topological polar surface area (TPSA) is 94.4 Å². The standard InChI is InChI=1S/C45H35N5SSi.C34H21N3OPS.C33H18N3O.3Au/c1-47-27-26-33-35(29-48(2)45(33)47)30-22-23-37-39(28-30)50(38-20-12-11-19-36(38)49(37)3)42-25-24-41-43(46-42)44(34-18-10-13-21-40(34)51-41)52(31-14-6-4-7-15-31)32-16-8-5-9-17-32;1-22(2)39-30-11-5-4-10-28(30)38-29-15-13-25(21-31(29)39)37-26-9-3-6-12-32(26)40-33-16-14-24(20-27(33)37)36-19-17-23-8-7-18-35-34(23)36;1-2-8-22(9-3-1)28-21-37-31-16-14-24(20-27(28)31)36-30-13-7-5-11-25(30)26-15-17-32(34-33(26)36)35-19-18-23-10-4-6-12-29(23)35;;;/h4-27,29,44H,1-3H3;1,3-19H,2H3;1-8,10-18,21H;;;/q-1;2*-3;;2*+3. The van der Waals surface area contributed by atoms with Crippen molar-refractivity contribution in [2.75, 3.05) is 21.7 Å². The zero-order chi connectivity index (χ0) is 86.1. The van der Waals surface area contributed by atoms with E-state index in [1.54, 1.807) is 18.0 Å². The van der Waals surface area contributed by atoms with E-state index in [1.165, 1.54) is 47.2 Å². The molecule has 4 aliphatic rings. The third-order valence-corrected chi connectivity index (χ3v) is 32.3. The molecule has 644 valence electrons. The molecule has 13 aromatic carbocycles. The molecular formula is C112H74Au3N11O2PS2Si-. The summed E-state index contributed by atoms with van der Waals surface area (Å²) >= 11 is 3.60. The van der Waals surface area contributed by atoms with Crippen molar-refractivity contribution in [2.45, 2.75) is 32.0 Å². The minimum atomic E-state index is -1.37. The first-order valence-corrected chi connectivity index (χ1v) is 47.2. The smallest absolute Gasteiger partial charge is 0.518 e. The second-order valence-corrected chi connectivity index (χ2v) is 39.3. The van der Waals surface area contributed by atoms with Crippen molar-refractivity contribution in [2.24, 2.45) is 14.1 Å². The molecule has 2 unspecified atom stereocenters. The molecule has 0 N–H and O–H groups in total. The summed E-state index contributed by atoms with van der Waals surface area (Å²) in [5, 5.41) is 12.4. The van der Waals surface area contributed by atoms with Crippen LogP contribution in [-0.2, 0) is 81.2 Å². The van der Waals surface area contributed by atoms with E-state index in [9.17, 15) is 0 Å². The molecule has 0 amide bonds. The van der Waals surface area contributed by atoms with Gasteiger partial charge in [0.05, 0.1) is 48.2 Å². The van der Waals surface area contributed by atoms with E-state index in [0.29, 0.717) is 0 Å². The van der Waals surface area contributed by atoms with Crippen LogP contribution in [0.15, 0.2) is 394 Å². The van der Waals surface area contributed by atoms with E-state index < -0.39 is 16.7 Å².